The molecule has 3 heteroatoms. The number of halogens is 1. The van der Waals surface area contributed by atoms with Crippen LogP contribution < -0.4 is 5.32 Å². The molecule has 18 heavy (non-hydrogen) atoms. The molecule has 2 rings (SSSR count). The normalized spacial score (nSPS) is 31.3. The highest BCUT2D eigenvalue weighted by atomic mass is 35.5. The van der Waals surface area contributed by atoms with Gasteiger partial charge in [0.05, 0.1) is 5.54 Å². The van der Waals surface area contributed by atoms with E-state index in [2.05, 4.69) is 29.0 Å². The molecule has 2 aliphatic carbocycles. The van der Waals surface area contributed by atoms with Gasteiger partial charge in [-0.3, -0.25) is 4.99 Å². The van der Waals surface area contributed by atoms with Crippen LogP contribution in [0.15, 0.2) is 39.9 Å². The standard InChI is InChI=1S/C15H21ClN2/c1-11-7-6-8-12(14(11)16)15(18-3)10-5-4-9-13(15)17-2/h6,8,18H,1,4-5,7,9-10H2,2-3H3. The summed E-state index contributed by atoms with van der Waals surface area (Å²) in [7, 11) is 3.88. The molecule has 1 fully saturated rings. The average molecular weight is 265 g/mol. The molecule has 0 radical (unpaired) electrons. The Bertz CT molecular complexity index is 445. The molecular weight excluding hydrogens is 244 g/mol. The largest absolute Gasteiger partial charge is 0.306 e. The predicted molar refractivity (Wildman–Crippen MR) is 79.4 cm³/mol. The summed E-state index contributed by atoms with van der Waals surface area (Å²) in [4.78, 5) is 4.50. The summed E-state index contributed by atoms with van der Waals surface area (Å²) in [6.45, 7) is 4.05. The topological polar surface area (TPSA) is 24.4 Å². The summed E-state index contributed by atoms with van der Waals surface area (Å²) in [6.07, 6.45) is 9.65. The minimum absolute atomic E-state index is 0.191. The Kier molecular flexibility index (Phi) is 4.08. The second-order valence-corrected chi connectivity index (χ2v) is 5.35. The van der Waals surface area contributed by atoms with E-state index in [1.54, 1.807) is 0 Å². The molecule has 0 aliphatic heterocycles. The van der Waals surface area contributed by atoms with Gasteiger partial charge in [-0.1, -0.05) is 36.8 Å². The summed E-state index contributed by atoms with van der Waals surface area (Å²) in [5, 5.41) is 4.29. The molecule has 0 amide bonds. The first-order valence-electron chi connectivity index (χ1n) is 6.55. The molecule has 2 aliphatic rings. The van der Waals surface area contributed by atoms with Crippen molar-refractivity contribution in [1.82, 2.24) is 5.32 Å². The van der Waals surface area contributed by atoms with Crippen LogP contribution in [-0.2, 0) is 0 Å². The van der Waals surface area contributed by atoms with Gasteiger partial charge in [-0.05, 0) is 43.9 Å². The lowest BCUT2D eigenvalue weighted by molar-refractivity contribution is 0.444. The first-order valence-corrected chi connectivity index (χ1v) is 6.93. The molecule has 0 aromatic rings. The first kappa shape index (κ1) is 13.6. The molecule has 0 aromatic carbocycles. The SMILES string of the molecule is C=C1CC=CC(C2(NC)CCCCC2=NC)=C1Cl. The fraction of sp³-hybridized carbons (Fsp3) is 0.533. The zero-order valence-electron chi connectivity index (χ0n) is 11.2. The smallest absolute Gasteiger partial charge is 0.0831 e. The maximum Gasteiger partial charge on any atom is 0.0831 e. The summed E-state index contributed by atoms with van der Waals surface area (Å²) in [5.41, 5.74) is 3.17. The summed E-state index contributed by atoms with van der Waals surface area (Å²) in [6, 6.07) is 0. The first-order chi connectivity index (χ1) is 8.65. The summed E-state index contributed by atoms with van der Waals surface area (Å²) in [5.74, 6) is 0. The molecule has 0 bridgehead atoms. The zero-order valence-corrected chi connectivity index (χ0v) is 12.0. The van der Waals surface area contributed by atoms with E-state index in [1.807, 2.05) is 14.1 Å². The van der Waals surface area contributed by atoms with Crippen LogP contribution in [0.3, 0.4) is 0 Å². The predicted octanol–water partition coefficient (Wildman–Crippen LogP) is 3.60. The highest BCUT2D eigenvalue weighted by Crippen LogP contribution is 2.39. The highest BCUT2D eigenvalue weighted by molar-refractivity contribution is 6.33. The quantitative estimate of drug-likeness (QED) is 0.810. The second-order valence-electron chi connectivity index (χ2n) is 4.97. The molecular formula is C15H21ClN2. The molecule has 0 spiro atoms. The Morgan fingerprint density at radius 1 is 1.44 bits per heavy atom. The van der Waals surface area contributed by atoms with Gasteiger partial charge in [-0.2, -0.15) is 0 Å². The van der Waals surface area contributed by atoms with E-state index in [0.29, 0.717) is 0 Å². The molecule has 0 aromatic heterocycles. The third kappa shape index (κ3) is 2.08. The fourth-order valence-electron chi connectivity index (χ4n) is 3.04. The molecule has 2 nitrogen and oxygen atoms in total. The van der Waals surface area contributed by atoms with Gasteiger partial charge in [-0.25, -0.2) is 0 Å². The van der Waals surface area contributed by atoms with Gasteiger partial charge in [0.25, 0.3) is 0 Å². The Morgan fingerprint density at radius 3 is 2.89 bits per heavy atom. The van der Waals surface area contributed by atoms with Crippen molar-refractivity contribution in [1.29, 1.82) is 0 Å². The van der Waals surface area contributed by atoms with Crippen LogP contribution in [0.25, 0.3) is 0 Å². The van der Waals surface area contributed by atoms with Crippen LogP contribution in [-0.4, -0.2) is 25.3 Å². The van der Waals surface area contributed by atoms with Gasteiger partial charge in [0, 0.05) is 17.8 Å². The Hall–Kier alpha value is -0.860. The number of rotatable bonds is 2. The lowest BCUT2D eigenvalue weighted by Crippen LogP contribution is -2.53. The van der Waals surface area contributed by atoms with Gasteiger partial charge in [-0.15, -0.1) is 0 Å². The molecule has 1 saturated carbocycles. The third-order valence-electron chi connectivity index (χ3n) is 4.06. The van der Waals surface area contributed by atoms with Gasteiger partial charge in [0.15, 0.2) is 0 Å². The lowest BCUT2D eigenvalue weighted by Gasteiger charge is -2.41. The van der Waals surface area contributed by atoms with Gasteiger partial charge >= 0.3 is 0 Å². The Labute approximate surface area is 115 Å². The Balaban J connectivity index is 2.52. The lowest BCUT2D eigenvalue weighted by atomic mass is 9.73. The van der Waals surface area contributed by atoms with Crippen molar-refractivity contribution in [2.24, 2.45) is 4.99 Å². The van der Waals surface area contributed by atoms with E-state index in [4.69, 9.17) is 11.6 Å². The molecule has 0 saturated heterocycles. The van der Waals surface area contributed by atoms with Gasteiger partial charge in [0.2, 0.25) is 0 Å². The van der Waals surface area contributed by atoms with Crippen molar-refractivity contribution in [3.05, 3.63) is 34.9 Å². The van der Waals surface area contributed by atoms with Crippen molar-refractivity contribution < 1.29 is 0 Å². The van der Waals surface area contributed by atoms with Crippen molar-refractivity contribution in [3.8, 4) is 0 Å². The molecule has 98 valence electrons. The van der Waals surface area contributed by atoms with Crippen LogP contribution >= 0.6 is 11.6 Å². The minimum atomic E-state index is -0.191. The summed E-state index contributed by atoms with van der Waals surface area (Å²) < 4.78 is 0. The van der Waals surface area contributed by atoms with Crippen molar-refractivity contribution in [3.63, 3.8) is 0 Å². The number of allylic oxidation sites excluding steroid dienone is 3. The number of likely N-dealkylation sites (N-methyl/N-ethyl adjacent to an activating group) is 1. The fourth-order valence-corrected chi connectivity index (χ4v) is 3.34. The maximum absolute atomic E-state index is 6.49. The van der Waals surface area contributed by atoms with Crippen LogP contribution in [0.1, 0.15) is 32.1 Å². The summed E-state index contributed by atoms with van der Waals surface area (Å²) >= 11 is 6.49. The number of nitrogens with one attached hydrogen (secondary N) is 1. The van der Waals surface area contributed by atoms with Crippen LogP contribution in [0, 0.1) is 0 Å². The van der Waals surface area contributed by atoms with E-state index in [9.17, 15) is 0 Å². The van der Waals surface area contributed by atoms with Crippen LogP contribution in [0.5, 0.6) is 0 Å². The van der Waals surface area contributed by atoms with Crippen molar-refractivity contribution >= 4 is 17.3 Å². The van der Waals surface area contributed by atoms with E-state index in [-0.39, 0.29) is 5.54 Å². The minimum Gasteiger partial charge on any atom is -0.306 e. The maximum atomic E-state index is 6.49. The second kappa shape index (κ2) is 5.41. The van der Waals surface area contributed by atoms with Crippen molar-refractivity contribution in [2.45, 2.75) is 37.6 Å². The van der Waals surface area contributed by atoms with E-state index in [1.165, 1.54) is 18.6 Å². The Morgan fingerprint density at radius 2 is 2.22 bits per heavy atom. The number of nitrogens with zero attached hydrogens (tertiary/aromatic N) is 1. The van der Waals surface area contributed by atoms with Crippen molar-refractivity contribution in [2.75, 3.05) is 14.1 Å². The van der Waals surface area contributed by atoms with E-state index in [0.717, 1.165) is 35.4 Å². The van der Waals surface area contributed by atoms with E-state index < -0.39 is 0 Å². The number of hydrogen-bond acceptors (Lipinski definition) is 2. The van der Waals surface area contributed by atoms with Crippen LogP contribution in [0.2, 0.25) is 0 Å². The van der Waals surface area contributed by atoms with Crippen LogP contribution in [0.4, 0.5) is 0 Å². The monoisotopic (exact) mass is 264 g/mol. The van der Waals surface area contributed by atoms with E-state index >= 15 is 0 Å². The van der Waals surface area contributed by atoms with Gasteiger partial charge in [0.1, 0.15) is 0 Å². The highest BCUT2D eigenvalue weighted by Gasteiger charge is 2.40. The number of hydrogen-bond donors (Lipinski definition) is 1. The molecule has 1 unspecified atom stereocenters. The number of aliphatic imine (C=N–C) groups is 1. The molecule has 0 heterocycles. The molecule has 1 atom stereocenters. The zero-order chi connectivity index (χ0) is 13.2. The average Bonchev–Trinajstić information content (AvgIpc) is 2.41. The van der Waals surface area contributed by atoms with Gasteiger partial charge < -0.3 is 5.32 Å². The molecule has 1 N–H and O–H groups in total. The third-order valence-corrected chi connectivity index (χ3v) is 4.53.